The van der Waals surface area contributed by atoms with E-state index >= 15 is 0 Å². The first-order chi connectivity index (χ1) is 41.5. The second-order valence-corrected chi connectivity index (χ2v) is 22.7. The minimum atomic E-state index is -0.329. The van der Waals surface area contributed by atoms with Crippen LogP contribution in [0.3, 0.4) is 0 Å². The van der Waals surface area contributed by atoms with E-state index in [-0.39, 0.29) is 51.1 Å². The van der Waals surface area contributed by atoms with Crippen LogP contribution in [0, 0.1) is 34.0 Å². The van der Waals surface area contributed by atoms with Gasteiger partial charge in [0.25, 0.3) is 34.4 Å². The molecular weight excluding hydrogens is 1170 g/mol. The summed E-state index contributed by atoms with van der Waals surface area (Å²) in [6.07, 6.45) is 3.21. The van der Waals surface area contributed by atoms with E-state index in [1.54, 1.807) is 91.9 Å². The topological polar surface area (TPSA) is 221 Å². The van der Waals surface area contributed by atoms with Gasteiger partial charge in [-0.15, -0.1) is 11.3 Å². The predicted octanol–water partition coefficient (Wildman–Crippen LogP) is 8.53. The number of carbonyl (C=O) groups is 3. The number of anilines is 3. The highest BCUT2D eigenvalue weighted by Gasteiger charge is 2.31. The molecule has 0 radical (unpaired) electrons. The highest BCUT2D eigenvalue weighted by molar-refractivity contribution is 7.12. The fourth-order valence-electron chi connectivity index (χ4n) is 11.2. The number of pyridine rings is 4. The smallest absolute Gasteiger partial charge is 0.270 e. The summed E-state index contributed by atoms with van der Waals surface area (Å²) >= 11 is 19.6. The Morgan fingerprint density at radius 1 is 0.453 bits per heavy atom. The standard InChI is InChI=1S/C22H18Cl2N4O2.C21H19N5O2.C20H17ClN4O2S/c1-26-19-5-3-2-4-15(19)20(16(13-25)22(26)30)27-8-10-28(11-9-27)21(29)14-6-7-17(23)18(24)12-14;1-24-18-5-3-2-4-16(18)19(17(14-22)21(24)28)25-10-12-26(13-11-25)20(27)15-6-8-23-9-7-15;1-23-16-5-4-13(21)11-14(16)18(15(12-22)19(23)26)24-6-8-25(9-7-24)20(27)17-3-2-10-28-17/h2-7,12H,8-11H2,1H3;2-9H,10-13H2,1H3;2-5,10-11H,6-9H2,1H3. The molecule has 4 aromatic carbocycles. The molecule has 0 N–H and O–H groups in total. The van der Waals surface area contributed by atoms with Crippen molar-refractivity contribution in [1.82, 2.24) is 33.4 Å². The third kappa shape index (κ3) is 11.7. The number of thiophene rings is 1. The van der Waals surface area contributed by atoms with Gasteiger partial charge >= 0.3 is 0 Å². The molecule has 9 aromatic rings. The molecule has 86 heavy (non-hydrogen) atoms. The number of nitriles is 3. The maximum absolute atomic E-state index is 12.8. The fourth-order valence-corrected chi connectivity index (χ4v) is 12.4. The number of hydrogen-bond acceptors (Lipinski definition) is 14. The molecule has 3 saturated heterocycles. The van der Waals surface area contributed by atoms with Crippen molar-refractivity contribution in [3.8, 4) is 18.2 Å². The highest BCUT2D eigenvalue weighted by Crippen LogP contribution is 2.34. The number of aryl methyl sites for hydroxylation is 3. The molecule has 19 nitrogen and oxygen atoms in total. The Hall–Kier alpha value is -9.49. The van der Waals surface area contributed by atoms with E-state index in [9.17, 15) is 44.6 Å². The molecule has 8 heterocycles. The van der Waals surface area contributed by atoms with Crippen molar-refractivity contribution >= 4 is 114 Å². The summed E-state index contributed by atoms with van der Waals surface area (Å²) < 4.78 is 4.49. The van der Waals surface area contributed by atoms with E-state index in [0.717, 1.165) is 37.6 Å². The third-order valence-electron chi connectivity index (χ3n) is 15.7. The van der Waals surface area contributed by atoms with Crippen molar-refractivity contribution in [3.05, 3.63) is 206 Å². The molecule has 5 aromatic heterocycles. The Bertz CT molecular complexity index is 4450. The van der Waals surface area contributed by atoms with Crippen LogP contribution in [-0.4, -0.2) is 130 Å². The Balaban J connectivity index is 0.000000143. The van der Waals surface area contributed by atoms with Crippen LogP contribution in [-0.2, 0) is 21.1 Å². The van der Waals surface area contributed by atoms with Crippen molar-refractivity contribution in [3.63, 3.8) is 0 Å². The summed E-state index contributed by atoms with van der Waals surface area (Å²) in [5.41, 5.74) is 4.71. The van der Waals surface area contributed by atoms with Crippen LogP contribution in [0.15, 0.2) is 141 Å². The summed E-state index contributed by atoms with van der Waals surface area (Å²) in [4.78, 5) is 92.3. The van der Waals surface area contributed by atoms with Gasteiger partial charge < -0.3 is 43.1 Å². The minimum Gasteiger partial charge on any atom is -0.366 e. The van der Waals surface area contributed by atoms with Gasteiger partial charge in [0.15, 0.2) is 0 Å². The Morgan fingerprint density at radius 2 is 0.872 bits per heavy atom. The van der Waals surface area contributed by atoms with Crippen LogP contribution in [0.1, 0.15) is 47.1 Å². The van der Waals surface area contributed by atoms with Gasteiger partial charge in [0.1, 0.15) is 34.9 Å². The molecule has 0 aliphatic carbocycles. The molecule has 12 rings (SSSR count). The number of benzene rings is 4. The van der Waals surface area contributed by atoms with E-state index in [1.807, 2.05) is 85.6 Å². The zero-order chi connectivity index (χ0) is 60.9. The molecule has 3 amide bonds. The molecular formula is C63H54Cl3N13O6S. The summed E-state index contributed by atoms with van der Waals surface area (Å²) in [6.45, 7) is 6.26. The summed E-state index contributed by atoms with van der Waals surface area (Å²) in [5.74, 6) is -0.133. The second kappa shape index (κ2) is 25.8. The summed E-state index contributed by atoms with van der Waals surface area (Å²) in [6, 6.07) is 38.6. The van der Waals surface area contributed by atoms with Crippen LogP contribution in [0.5, 0.6) is 0 Å². The monoisotopic (exact) mass is 1230 g/mol. The lowest BCUT2D eigenvalue weighted by Gasteiger charge is -2.37. The number of halogens is 3. The van der Waals surface area contributed by atoms with Gasteiger partial charge in [-0.1, -0.05) is 77.3 Å². The maximum atomic E-state index is 12.8. The molecule has 0 saturated carbocycles. The zero-order valence-electron chi connectivity index (χ0n) is 46.9. The van der Waals surface area contributed by atoms with Gasteiger partial charge in [-0.05, 0) is 72.1 Å². The lowest BCUT2D eigenvalue weighted by molar-refractivity contribution is 0.0739. The quantitative estimate of drug-likeness (QED) is 0.153. The van der Waals surface area contributed by atoms with E-state index in [1.165, 1.54) is 25.0 Å². The average Bonchev–Trinajstić information content (AvgIpc) is 1.99. The predicted molar refractivity (Wildman–Crippen MR) is 336 cm³/mol. The van der Waals surface area contributed by atoms with Crippen LogP contribution < -0.4 is 31.4 Å². The second-order valence-electron chi connectivity index (χ2n) is 20.5. The molecule has 0 bridgehead atoms. The van der Waals surface area contributed by atoms with E-state index in [4.69, 9.17) is 34.8 Å². The maximum Gasteiger partial charge on any atom is 0.270 e. The van der Waals surface area contributed by atoms with Gasteiger partial charge in [0.2, 0.25) is 0 Å². The normalized spacial score (nSPS) is 14.2. The van der Waals surface area contributed by atoms with Crippen LogP contribution in [0.4, 0.5) is 17.1 Å². The lowest BCUT2D eigenvalue weighted by Crippen LogP contribution is -2.49. The first-order valence-electron chi connectivity index (χ1n) is 27.3. The van der Waals surface area contributed by atoms with Gasteiger partial charge in [-0.25, -0.2) is 0 Å². The van der Waals surface area contributed by atoms with Gasteiger partial charge in [-0.3, -0.25) is 33.8 Å². The van der Waals surface area contributed by atoms with Crippen molar-refractivity contribution in [2.45, 2.75) is 0 Å². The number of amides is 3. The summed E-state index contributed by atoms with van der Waals surface area (Å²) in [5, 5.41) is 34.6. The minimum absolute atomic E-state index is 0.0204. The average molecular weight is 1230 g/mol. The van der Waals surface area contributed by atoms with Crippen molar-refractivity contribution in [2.24, 2.45) is 21.1 Å². The van der Waals surface area contributed by atoms with Crippen molar-refractivity contribution in [1.29, 1.82) is 15.8 Å². The first kappa shape index (κ1) is 59.7. The number of rotatable bonds is 6. The molecule has 0 atom stereocenters. The third-order valence-corrected chi connectivity index (χ3v) is 17.5. The van der Waals surface area contributed by atoms with Gasteiger partial charge in [0, 0.05) is 144 Å². The molecule has 3 fully saturated rings. The van der Waals surface area contributed by atoms with Crippen molar-refractivity contribution in [2.75, 3.05) is 93.2 Å². The van der Waals surface area contributed by atoms with Crippen molar-refractivity contribution < 1.29 is 14.4 Å². The highest BCUT2D eigenvalue weighted by atomic mass is 35.5. The number of aromatic nitrogens is 4. The molecule has 0 spiro atoms. The number of hydrogen-bond donors (Lipinski definition) is 0. The number of nitrogens with zero attached hydrogens (tertiary/aromatic N) is 13. The number of piperazine rings is 3. The Kier molecular flexibility index (Phi) is 17.9. The molecule has 0 unspecified atom stereocenters. The first-order valence-corrected chi connectivity index (χ1v) is 29.3. The summed E-state index contributed by atoms with van der Waals surface area (Å²) in [7, 11) is 5.00. The van der Waals surface area contributed by atoms with Crippen LogP contribution in [0.2, 0.25) is 15.1 Å². The van der Waals surface area contributed by atoms with E-state index in [2.05, 4.69) is 23.2 Å². The van der Waals surface area contributed by atoms with Crippen LogP contribution >= 0.6 is 46.1 Å². The Morgan fingerprint density at radius 3 is 1.30 bits per heavy atom. The largest absolute Gasteiger partial charge is 0.366 e. The van der Waals surface area contributed by atoms with E-state index < -0.39 is 0 Å². The molecule has 3 aliphatic heterocycles. The molecule has 23 heteroatoms. The van der Waals surface area contributed by atoms with Gasteiger partial charge in [-0.2, -0.15) is 15.8 Å². The van der Waals surface area contributed by atoms with Gasteiger partial charge in [0.05, 0.1) is 48.5 Å². The fraction of sp³-hybridized carbons (Fsp3) is 0.238. The number of para-hydroxylation sites is 2. The number of fused-ring (bicyclic) bond motifs is 3. The SMILES string of the molecule is Cn1c(=O)c(C#N)c(N2CCN(C(=O)c3ccc(Cl)c(Cl)c3)CC2)c2ccccc21.Cn1c(=O)c(C#N)c(N2CCN(C(=O)c3cccs3)CC2)c2cc(Cl)ccc21.Cn1c(=O)c(C#N)c(N2CCN(C(=O)c3ccncc3)CC2)c2ccccc21. The zero-order valence-corrected chi connectivity index (χ0v) is 50.0. The molecule has 434 valence electrons. The number of carbonyl (C=O) groups excluding carboxylic acids is 3. The lowest BCUT2D eigenvalue weighted by atomic mass is 10.1. The molecule has 3 aliphatic rings. The Labute approximate surface area is 512 Å². The van der Waals surface area contributed by atoms with Crippen LogP contribution in [0.25, 0.3) is 32.7 Å². The van der Waals surface area contributed by atoms with E-state index in [0.29, 0.717) is 122 Å².